The number of hydrogen-bond donors (Lipinski definition) is 1. The maximum absolute atomic E-state index is 12.0. The average molecular weight is 285 g/mol. The predicted molar refractivity (Wildman–Crippen MR) is 83.7 cm³/mol. The molecule has 0 radical (unpaired) electrons. The maximum Gasteiger partial charge on any atom is 0.321 e. The lowest BCUT2D eigenvalue weighted by Crippen LogP contribution is -2.50. The minimum atomic E-state index is 0.0336. The number of carbonyl (C=O) groups excluding carboxylic acids is 1. The summed E-state index contributed by atoms with van der Waals surface area (Å²) >= 11 is 0. The van der Waals surface area contributed by atoms with Crippen LogP contribution < -0.4 is 5.32 Å². The number of piperazine rings is 1. The highest BCUT2D eigenvalue weighted by atomic mass is 16.2. The molecule has 2 fully saturated rings. The Morgan fingerprint density at radius 2 is 1.86 bits per heavy atom. The molecule has 1 aliphatic heterocycles. The van der Waals surface area contributed by atoms with Crippen molar-refractivity contribution in [2.75, 3.05) is 26.2 Å². The van der Waals surface area contributed by atoms with Gasteiger partial charge in [-0.05, 0) is 24.3 Å². The summed E-state index contributed by atoms with van der Waals surface area (Å²) in [6.45, 7) is 4.45. The molecule has 112 valence electrons. The van der Waals surface area contributed by atoms with Gasteiger partial charge in [0.05, 0.1) is 0 Å². The summed E-state index contributed by atoms with van der Waals surface area (Å²) in [5, 5.41) is 2.88. The fraction of sp³-hybridized carbons (Fsp3) is 0.471. The van der Waals surface area contributed by atoms with E-state index in [1.165, 1.54) is 18.4 Å². The van der Waals surface area contributed by atoms with Gasteiger partial charge >= 0.3 is 6.03 Å². The van der Waals surface area contributed by atoms with Crippen LogP contribution in [0.1, 0.15) is 18.4 Å². The number of nitrogens with zero attached hydrogens (tertiary/aromatic N) is 2. The highest BCUT2D eigenvalue weighted by Gasteiger charge is 2.21. The van der Waals surface area contributed by atoms with Crippen LogP contribution in [0.5, 0.6) is 0 Å². The number of nitrogens with one attached hydrogen (secondary N) is 1. The van der Waals surface area contributed by atoms with Crippen molar-refractivity contribution in [1.82, 2.24) is 15.1 Å². The van der Waals surface area contributed by atoms with Crippen LogP contribution in [0.2, 0.25) is 0 Å². The Balaban J connectivity index is 1.40. The Bertz CT molecular complexity index is 488. The summed E-state index contributed by atoms with van der Waals surface area (Å²) in [6, 6.07) is 10.5. The van der Waals surface area contributed by atoms with Crippen molar-refractivity contribution in [3.63, 3.8) is 0 Å². The van der Waals surface area contributed by atoms with Gasteiger partial charge < -0.3 is 10.2 Å². The molecule has 21 heavy (non-hydrogen) atoms. The Kier molecular flexibility index (Phi) is 4.55. The van der Waals surface area contributed by atoms with Crippen LogP contribution in [0.15, 0.2) is 42.6 Å². The molecule has 0 spiro atoms. The van der Waals surface area contributed by atoms with E-state index in [9.17, 15) is 4.79 Å². The molecular weight excluding hydrogens is 262 g/mol. The van der Waals surface area contributed by atoms with Gasteiger partial charge in [0, 0.05) is 38.9 Å². The highest BCUT2D eigenvalue weighted by molar-refractivity contribution is 5.75. The number of amides is 2. The second-order valence-electron chi connectivity index (χ2n) is 5.89. The monoisotopic (exact) mass is 285 g/mol. The lowest BCUT2D eigenvalue weighted by Gasteiger charge is -2.34. The molecule has 1 aromatic rings. The largest absolute Gasteiger partial charge is 0.322 e. The minimum absolute atomic E-state index is 0.0336. The topological polar surface area (TPSA) is 35.6 Å². The standard InChI is InChI=1S/C17H23N3O/c21-17(18-9-8-15-6-7-15)20-12-10-19(11-13-20)14-16-4-2-1-3-5-16/h1-5,8-9,15H,6-7,10-14H2,(H,18,21)/b9-8+. The molecule has 0 atom stereocenters. The average Bonchev–Trinajstić information content (AvgIpc) is 3.33. The summed E-state index contributed by atoms with van der Waals surface area (Å²) in [7, 11) is 0. The summed E-state index contributed by atoms with van der Waals surface area (Å²) < 4.78 is 0. The highest BCUT2D eigenvalue weighted by Crippen LogP contribution is 2.29. The summed E-state index contributed by atoms with van der Waals surface area (Å²) in [6.07, 6.45) is 6.45. The van der Waals surface area contributed by atoms with Gasteiger partial charge in [0.2, 0.25) is 0 Å². The fourth-order valence-electron chi connectivity index (χ4n) is 2.59. The van der Waals surface area contributed by atoms with Crippen LogP contribution in [0, 0.1) is 5.92 Å². The van der Waals surface area contributed by atoms with E-state index in [1.54, 1.807) is 0 Å². The number of urea groups is 1. The molecule has 4 nitrogen and oxygen atoms in total. The van der Waals surface area contributed by atoms with Crippen molar-refractivity contribution in [3.05, 3.63) is 48.2 Å². The van der Waals surface area contributed by atoms with Crippen molar-refractivity contribution >= 4 is 6.03 Å². The second-order valence-corrected chi connectivity index (χ2v) is 5.89. The number of rotatable bonds is 4. The van der Waals surface area contributed by atoms with Gasteiger partial charge in [-0.3, -0.25) is 4.90 Å². The van der Waals surface area contributed by atoms with E-state index < -0.39 is 0 Å². The summed E-state index contributed by atoms with van der Waals surface area (Å²) in [4.78, 5) is 16.3. The van der Waals surface area contributed by atoms with Crippen molar-refractivity contribution in [2.45, 2.75) is 19.4 Å². The first-order valence-electron chi connectivity index (χ1n) is 7.79. The molecule has 0 bridgehead atoms. The van der Waals surface area contributed by atoms with Crippen molar-refractivity contribution in [2.24, 2.45) is 5.92 Å². The molecular formula is C17H23N3O. The zero-order chi connectivity index (χ0) is 14.5. The van der Waals surface area contributed by atoms with Gasteiger partial charge in [0.25, 0.3) is 0 Å². The summed E-state index contributed by atoms with van der Waals surface area (Å²) in [5.74, 6) is 0.702. The van der Waals surface area contributed by atoms with Crippen molar-refractivity contribution in [3.8, 4) is 0 Å². The van der Waals surface area contributed by atoms with E-state index in [0.717, 1.165) is 32.7 Å². The van der Waals surface area contributed by atoms with Gasteiger partial charge in [-0.15, -0.1) is 0 Å². The third kappa shape index (κ3) is 4.33. The van der Waals surface area contributed by atoms with E-state index in [0.29, 0.717) is 5.92 Å². The van der Waals surface area contributed by atoms with E-state index in [2.05, 4.69) is 40.6 Å². The van der Waals surface area contributed by atoms with Crippen LogP contribution in [0.25, 0.3) is 0 Å². The second kappa shape index (κ2) is 6.76. The van der Waals surface area contributed by atoms with Crippen LogP contribution >= 0.6 is 0 Å². The van der Waals surface area contributed by atoms with Gasteiger partial charge in [0.1, 0.15) is 0 Å². The first-order valence-corrected chi connectivity index (χ1v) is 7.79. The van der Waals surface area contributed by atoms with Crippen LogP contribution in [-0.4, -0.2) is 42.0 Å². The van der Waals surface area contributed by atoms with Crippen LogP contribution in [-0.2, 0) is 6.54 Å². The molecule has 3 rings (SSSR count). The molecule has 0 aromatic heterocycles. The lowest BCUT2D eigenvalue weighted by atomic mass is 10.2. The van der Waals surface area contributed by atoms with Gasteiger partial charge in [-0.25, -0.2) is 4.79 Å². The Morgan fingerprint density at radius 3 is 2.52 bits per heavy atom. The van der Waals surface area contributed by atoms with Crippen LogP contribution in [0.3, 0.4) is 0 Å². The smallest absolute Gasteiger partial charge is 0.321 e. The number of benzene rings is 1. The molecule has 2 amide bonds. The van der Waals surface area contributed by atoms with Gasteiger partial charge in [-0.2, -0.15) is 0 Å². The predicted octanol–water partition coefficient (Wildman–Crippen LogP) is 2.44. The zero-order valence-electron chi connectivity index (χ0n) is 12.4. The minimum Gasteiger partial charge on any atom is -0.322 e. The van der Waals surface area contributed by atoms with E-state index in [1.807, 2.05) is 17.2 Å². The van der Waals surface area contributed by atoms with Crippen molar-refractivity contribution in [1.29, 1.82) is 0 Å². The molecule has 1 aromatic carbocycles. The molecule has 1 saturated heterocycles. The molecule has 1 saturated carbocycles. The van der Waals surface area contributed by atoms with Gasteiger partial charge in [-0.1, -0.05) is 36.4 Å². The van der Waals surface area contributed by atoms with E-state index in [-0.39, 0.29) is 6.03 Å². The third-order valence-electron chi connectivity index (χ3n) is 4.11. The fourth-order valence-corrected chi connectivity index (χ4v) is 2.59. The molecule has 4 heteroatoms. The van der Waals surface area contributed by atoms with E-state index in [4.69, 9.17) is 0 Å². The normalized spacial score (nSPS) is 19.9. The van der Waals surface area contributed by atoms with Gasteiger partial charge in [0.15, 0.2) is 0 Å². The van der Waals surface area contributed by atoms with Crippen molar-refractivity contribution < 1.29 is 4.79 Å². The Hall–Kier alpha value is -1.81. The molecule has 1 aliphatic carbocycles. The third-order valence-corrected chi connectivity index (χ3v) is 4.11. The first-order chi connectivity index (χ1) is 10.3. The van der Waals surface area contributed by atoms with Crippen LogP contribution in [0.4, 0.5) is 4.79 Å². The molecule has 0 unspecified atom stereocenters. The number of hydrogen-bond acceptors (Lipinski definition) is 2. The number of allylic oxidation sites excluding steroid dienone is 1. The molecule has 1 heterocycles. The molecule has 1 N–H and O–H groups in total. The summed E-state index contributed by atoms with van der Waals surface area (Å²) in [5.41, 5.74) is 1.34. The Labute approximate surface area is 126 Å². The zero-order valence-corrected chi connectivity index (χ0v) is 12.4. The number of carbonyl (C=O) groups is 1. The quantitative estimate of drug-likeness (QED) is 0.922. The SMILES string of the molecule is O=C(N/C=C/C1CC1)N1CCN(Cc2ccccc2)CC1. The Morgan fingerprint density at radius 1 is 1.14 bits per heavy atom. The van der Waals surface area contributed by atoms with E-state index >= 15 is 0 Å². The first kappa shape index (κ1) is 14.1. The molecule has 2 aliphatic rings. The lowest BCUT2D eigenvalue weighted by molar-refractivity contribution is 0.137. The maximum atomic E-state index is 12.0.